The average molecular weight is 381 g/mol. The van der Waals surface area contributed by atoms with Crippen molar-refractivity contribution in [3.05, 3.63) is 65.7 Å². The second-order valence-electron chi connectivity index (χ2n) is 7.19. The van der Waals surface area contributed by atoms with E-state index in [-0.39, 0.29) is 18.6 Å². The van der Waals surface area contributed by atoms with E-state index < -0.39 is 12.1 Å². The van der Waals surface area contributed by atoms with Gasteiger partial charge in [0.1, 0.15) is 12.4 Å². The number of esters is 1. The lowest BCUT2D eigenvalue weighted by Crippen LogP contribution is -2.36. The summed E-state index contributed by atoms with van der Waals surface area (Å²) in [5, 5.41) is 3.09. The van der Waals surface area contributed by atoms with Crippen LogP contribution in [0.15, 0.2) is 54.6 Å². The highest BCUT2D eigenvalue weighted by atomic mass is 16.6. The van der Waals surface area contributed by atoms with Crippen molar-refractivity contribution in [2.45, 2.75) is 57.8 Å². The van der Waals surface area contributed by atoms with E-state index in [1.165, 1.54) is 19.3 Å². The van der Waals surface area contributed by atoms with Crippen LogP contribution in [0.3, 0.4) is 0 Å². The van der Waals surface area contributed by atoms with Crippen molar-refractivity contribution >= 4 is 11.9 Å². The molecule has 5 nitrogen and oxygen atoms in total. The monoisotopic (exact) mass is 381 g/mol. The van der Waals surface area contributed by atoms with E-state index in [9.17, 15) is 9.59 Å². The highest BCUT2D eigenvalue weighted by Gasteiger charge is 2.18. The number of rotatable bonds is 7. The molecule has 2 aromatic carbocycles. The van der Waals surface area contributed by atoms with Gasteiger partial charge in [-0.25, -0.2) is 4.79 Å². The van der Waals surface area contributed by atoms with Crippen molar-refractivity contribution in [1.29, 1.82) is 0 Å². The lowest BCUT2D eigenvalue weighted by Gasteiger charge is -2.22. The number of hydrogen-bond donors (Lipinski definition) is 1. The Hall–Kier alpha value is -2.82. The van der Waals surface area contributed by atoms with Crippen LogP contribution in [0.2, 0.25) is 0 Å². The van der Waals surface area contributed by atoms with E-state index in [1.54, 1.807) is 31.2 Å². The molecule has 1 atom stereocenters. The van der Waals surface area contributed by atoms with Gasteiger partial charge in [0.15, 0.2) is 6.10 Å². The Kier molecular flexibility index (Phi) is 7.06. The normalized spacial score (nSPS) is 15.5. The minimum atomic E-state index is -0.731. The fourth-order valence-electron chi connectivity index (χ4n) is 3.30. The molecule has 0 spiro atoms. The lowest BCUT2D eigenvalue weighted by atomic mass is 9.95. The first-order valence-electron chi connectivity index (χ1n) is 9.90. The standard InChI is InChI=1S/C23H27NO4/c1-17(23(26)27-16-18-8-4-2-5-9-18)28-21-14-12-19(13-15-21)22(25)24-20-10-6-3-7-11-20/h2,4-5,8-9,12-15,17,20H,3,6-7,10-11,16H2,1H3,(H,24,25)/t17-/m0/s1. The predicted octanol–water partition coefficient (Wildman–Crippen LogP) is 4.26. The van der Waals surface area contributed by atoms with E-state index in [1.807, 2.05) is 30.3 Å². The molecule has 1 saturated carbocycles. The van der Waals surface area contributed by atoms with Crippen LogP contribution >= 0.6 is 0 Å². The third-order valence-corrected chi connectivity index (χ3v) is 4.93. The third-order valence-electron chi connectivity index (χ3n) is 4.93. The summed E-state index contributed by atoms with van der Waals surface area (Å²) in [5.74, 6) is 0.0371. The zero-order chi connectivity index (χ0) is 19.8. The van der Waals surface area contributed by atoms with Crippen LogP contribution in [-0.2, 0) is 16.1 Å². The van der Waals surface area contributed by atoms with Gasteiger partial charge in [-0.15, -0.1) is 0 Å². The molecule has 148 valence electrons. The molecule has 5 heteroatoms. The Balaban J connectivity index is 1.47. The summed E-state index contributed by atoms with van der Waals surface area (Å²) >= 11 is 0. The average Bonchev–Trinajstić information content (AvgIpc) is 2.74. The van der Waals surface area contributed by atoms with Gasteiger partial charge < -0.3 is 14.8 Å². The molecule has 0 radical (unpaired) electrons. The first-order chi connectivity index (χ1) is 13.6. The van der Waals surface area contributed by atoms with Crippen molar-refractivity contribution < 1.29 is 19.1 Å². The van der Waals surface area contributed by atoms with Crippen LogP contribution in [0.1, 0.15) is 54.9 Å². The summed E-state index contributed by atoms with van der Waals surface area (Å²) in [6, 6.07) is 16.6. The summed E-state index contributed by atoms with van der Waals surface area (Å²) in [5.41, 5.74) is 1.52. The predicted molar refractivity (Wildman–Crippen MR) is 107 cm³/mol. The Bertz CT molecular complexity index is 767. The number of ether oxygens (including phenoxy) is 2. The van der Waals surface area contributed by atoms with E-state index in [0.717, 1.165) is 18.4 Å². The zero-order valence-electron chi connectivity index (χ0n) is 16.2. The largest absolute Gasteiger partial charge is 0.479 e. The van der Waals surface area contributed by atoms with Crippen LogP contribution in [0.25, 0.3) is 0 Å². The molecule has 1 fully saturated rings. The fourth-order valence-corrected chi connectivity index (χ4v) is 3.30. The van der Waals surface area contributed by atoms with Crippen LogP contribution < -0.4 is 10.1 Å². The molecule has 0 aromatic heterocycles. The van der Waals surface area contributed by atoms with Crippen molar-refractivity contribution in [2.75, 3.05) is 0 Å². The zero-order valence-corrected chi connectivity index (χ0v) is 16.2. The molecule has 0 saturated heterocycles. The smallest absolute Gasteiger partial charge is 0.347 e. The fraction of sp³-hybridized carbons (Fsp3) is 0.391. The van der Waals surface area contributed by atoms with Crippen LogP contribution in [0.4, 0.5) is 0 Å². The Morgan fingerprint density at radius 2 is 1.68 bits per heavy atom. The van der Waals surface area contributed by atoms with Gasteiger partial charge in [-0.3, -0.25) is 4.79 Å². The topological polar surface area (TPSA) is 64.6 Å². The lowest BCUT2D eigenvalue weighted by molar-refractivity contribution is -0.152. The van der Waals surface area contributed by atoms with E-state index >= 15 is 0 Å². The molecule has 28 heavy (non-hydrogen) atoms. The second kappa shape index (κ2) is 9.93. The minimum Gasteiger partial charge on any atom is -0.479 e. The summed E-state index contributed by atoms with van der Waals surface area (Å²) in [4.78, 5) is 24.5. The van der Waals surface area contributed by atoms with Crippen molar-refractivity contribution in [3.63, 3.8) is 0 Å². The van der Waals surface area contributed by atoms with Crippen molar-refractivity contribution in [3.8, 4) is 5.75 Å². The number of hydrogen-bond acceptors (Lipinski definition) is 4. The highest BCUT2D eigenvalue weighted by Crippen LogP contribution is 2.19. The maximum absolute atomic E-state index is 12.3. The number of carbonyl (C=O) groups is 2. The Morgan fingerprint density at radius 3 is 2.36 bits per heavy atom. The summed E-state index contributed by atoms with van der Waals surface area (Å²) in [6.07, 6.45) is 4.98. The molecule has 0 bridgehead atoms. The number of carbonyl (C=O) groups excluding carboxylic acids is 2. The maximum Gasteiger partial charge on any atom is 0.347 e. The molecule has 0 unspecified atom stereocenters. The molecule has 0 aliphatic heterocycles. The molecule has 1 amide bonds. The van der Waals surface area contributed by atoms with Gasteiger partial charge in [-0.1, -0.05) is 49.6 Å². The van der Waals surface area contributed by atoms with Gasteiger partial charge >= 0.3 is 5.97 Å². The molecule has 1 N–H and O–H groups in total. The van der Waals surface area contributed by atoms with Gasteiger partial charge in [-0.2, -0.15) is 0 Å². The second-order valence-corrected chi connectivity index (χ2v) is 7.19. The quantitative estimate of drug-likeness (QED) is 0.728. The van der Waals surface area contributed by atoms with E-state index in [0.29, 0.717) is 11.3 Å². The molecular weight excluding hydrogens is 354 g/mol. The molecule has 3 rings (SSSR count). The molecule has 1 aliphatic rings. The maximum atomic E-state index is 12.3. The van der Waals surface area contributed by atoms with Gasteiger partial charge in [0.2, 0.25) is 0 Å². The molecule has 2 aromatic rings. The summed E-state index contributed by atoms with van der Waals surface area (Å²) in [7, 11) is 0. The molecule has 1 aliphatic carbocycles. The third kappa shape index (κ3) is 5.84. The number of nitrogens with one attached hydrogen (secondary N) is 1. The van der Waals surface area contributed by atoms with Crippen molar-refractivity contribution in [1.82, 2.24) is 5.32 Å². The van der Waals surface area contributed by atoms with Crippen molar-refractivity contribution in [2.24, 2.45) is 0 Å². The Labute approximate surface area is 166 Å². The summed E-state index contributed by atoms with van der Waals surface area (Å²) < 4.78 is 10.9. The SMILES string of the molecule is C[C@H](Oc1ccc(C(=O)NC2CCCCC2)cc1)C(=O)OCc1ccccc1. The van der Waals surface area contributed by atoms with Gasteiger partial charge in [0, 0.05) is 11.6 Å². The first kappa shape index (κ1) is 19.9. The first-order valence-corrected chi connectivity index (χ1v) is 9.90. The van der Waals surface area contributed by atoms with Crippen LogP contribution in [-0.4, -0.2) is 24.0 Å². The number of benzene rings is 2. The van der Waals surface area contributed by atoms with E-state index in [4.69, 9.17) is 9.47 Å². The van der Waals surface area contributed by atoms with Gasteiger partial charge in [-0.05, 0) is 49.6 Å². The highest BCUT2D eigenvalue weighted by molar-refractivity contribution is 5.94. The van der Waals surface area contributed by atoms with E-state index in [2.05, 4.69) is 5.32 Å². The summed E-state index contributed by atoms with van der Waals surface area (Å²) in [6.45, 7) is 1.87. The Morgan fingerprint density at radius 1 is 1.00 bits per heavy atom. The van der Waals surface area contributed by atoms with Crippen LogP contribution in [0, 0.1) is 0 Å². The molecular formula is C23H27NO4. The molecule has 0 heterocycles. The van der Waals surface area contributed by atoms with Crippen LogP contribution in [0.5, 0.6) is 5.75 Å². The number of amides is 1. The minimum absolute atomic E-state index is 0.0613. The van der Waals surface area contributed by atoms with Gasteiger partial charge in [0.05, 0.1) is 0 Å². The van der Waals surface area contributed by atoms with Gasteiger partial charge in [0.25, 0.3) is 5.91 Å².